The summed E-state index contributed by atoms with van der Waals surface area (Å²) in [6, 6.07) is 6.15. The Hall–Kier alpha value is -3.40. The normalized spacial score (nSPS) is 15.8. The van der Waals surface area contributed by atoms with E-state index in [9.17, 15) is 14.5 Å². The van der Waals surface area contributed by atoms with Gasteiger partial charge in [0.25, 0.3) is 0 Å². The molecule has 0 aliphatic carbocycles. The van der Waals surface area contributed by atoms with Gasteiger partial charge in [-0.05, 0) is 29.2 Å². The van der Waals surface area contributed by atoms with Crippen LogP contribution >= 0.6 is 0 Å². The first-order chi connectivity index (χ1) is 13.1. The van der Waals surface area contributed by atoms with Crippen LogP contribution < -0.4 is 4.74 Å². The van der Waals surface area contributed by atoms with Crippen LogP contribution in [0.4, 0.5) is 10.2 Å². The van der Waals surface area contributed by atoms with Crippen molar-refractivity contribution in [1.29, 1.82) is 0 Å². The summed E-state index contributed by atoms with van der Waals surface area (Å²) < 4.78 is 25.7. The van der Waals surface area contributed by atoms with Crippen molar-refractivity contribution in [2.24, 2.45) is 0 Å². The van der Waals surface area contributed by atoms with Gasteiger partial charge in [-0.15, -0.1) is 0 Å². The lowest BCUT2D eigenvalue weighted by Gasteiger charge is -2.22. The van der Waals surface area contributed by atoms with Gasteiger partial charge < -0.3 is 19.6 Å². The molecule has 9 nitrogen and oxygen atoms in total. The van der Waals surface area contributed by atoms with Gasteiger partial charge in [-0.1, -0.05) is 0 Å². The third-order valence-electron chi connectivity index (χ3n) is 4.01. The Labute approximate surface area is 152 Å². The molecule has 0 saturated carbocycles. The Morgan fingerprint density at radius 1 is 1.30 bits per heavy atom. The summed E-state index contributed by atoms with van der Waals surface area (Å²) in [6.45, 7) is 0.928. The zero-order valence-electron chi connectivity index (χ0n) is 14.0. The Bertz CT molecular complexity index is 958. The summed E-state index contributed by atoms with van der Waals surface area (Å²) in [7, 11) is 0. The summed E-state index contributed by atoms with van der Waals surface area (Å²) in [5.41, 5.74) is 1.49. The second-order valence-electron chi connectivity index (χ2n) is 5.96. The van der Waals surface area contributed by atoms with E-state index < -0.39 is 4.92 Å². The second-order valence-corrected chi connectivity index (χ2v) is 5.96. The Kier molecular flexibility index (Phi) is 4.47. The predicted octanol–water partition coefficient (Wildman–Crippen LogP) is 2.37. The molecule has 4 rings (SSSR count). The average molecular weight is 371 g/mol. The lowest BCUT2D eigenvalue weighted by molar-refractivity contribution is -0.389. The van der Waals surface area contributed by atoms with Crippen LogP contribution in [0.5, 0.6) is 6.01 Å². The maximum absolute atomic E-state index is 13.0. The predicted molar refractivity (Wildman–Crippen MR) is 90.4 cm³/mol. The number of imidazole rings is 1. The first kappa shape index (κ1) is 17.0. The van der Waals surface area contributed by atoms with E-state index in [4.69, 9.17) is 9.47 Å². The Morgan fingerprint density at radius 3 is 2.74 bits per heavy atom. The topological polar surface area (TPSA) is 105 Å². The zero-order valence-corrected chi connectivity index (χ0v) is 14.0. The largest absolute Gasteiger partial charge is 0.443 e. The van der Waals surface area contributed by atoms with Gasteiger partial charge in [0, 0.05) is 28.5 Å². The highest BCUT2D eigenvalue weighted by Gasteiger charge is 2.28. The molecule has 0 amide bonds. The van der Waals surface area contributed by atoms with E-state index in [0.29, 0.717) is 12.4 Å². The van der Waals surface area contributed by atoms with Crippen molar-refractivity contribution in [2.45, 2.75) is 19.3 Å². The summed E-state index contributed by atoms with van der Waals surface area (Å²) >= 11 is 0. The van der Waals surface area contributed by atoms with E-state index in [0.717, 1.165) is 11.1 Å². The van der Waals surface area contributed by atoms with Crippen LogP contribution in [-0.4, -0.2) is 37.2 Å². The SMILES string of the molecule is O=[N+]([O-])c1cn2c(n1)OC[C@@H](OCc1cnc(-c3ccc(F)cc3)nc1)C2. The molecular weight excluding hydrogens is 357 g/mol. The molecule has 1 aliphatic heterocycles. The molecule has 0 spiro atoms. The number of benzene rings is 1. The van der Waals surface area contributed by atoms with E-state index in [1.807, 2.05) is 0 Å². The van der Waals surface area contributed by atoms with Crippen LogP contribution in [0.25, 0.3) is 11.4 Å². The number of hydrogen-bond donors (Lipinski definition) is 0. The minimum Gasteiger partial charge on any atom is -0.443 e. The number of ether oxygens (including phenoxy) is 2. The smallest absolute Gasteiger partial charge is 0.414 e. The molecule has 3 aromatic rings. The van der Waals surface area contributed by atoms with Crippen LogP contribution in [0.1, 0.15) is 5.56 Å². The Balaban J connectivity index is 1.36. The molecule has 0 bridgehead atoms. The number of halogens is 1. The van der Waals surface area contributed by atoms with Gasteiger partial charge in [-0.2, -0.15) is 0 Å². The first-order valence-electron chi connectivity index (χ1n) is 8.11. The van der Waals surface area contributed by atoms with Crippen LogP contribution in [-0.2, 0) is 17.9 Å². The van der Waals surface area contributed by atoms with Crippen molar-refractivity contribution in [2.75, 3.05) is 6.61 Å². The number of nitrogens with zero attached hydrogens (tertiary/aromatic N) is 5. The van der Waals surface area contributed by atoms with Crippen LogP contribution in [0.2, 0.25) is 0 Å². The molecule has 0 unspecified atom stereocenters. The average Bonchev–Trinajstić information content (AvgIpc) is 3.11. The molecule has 0 radical (unpaired) electrons. The molecule has 0 N–H and O–H groups in total. The van der Waals surface area contributed by atoms with Gasteiger partial charge >= 0.3 is 11.8 Å². The number of rotatable bonds is 5. The van der Waals surface area contributed by atoms with E-state index in [1.54, 1.807) is 29.1 Å². The quantitative estimate of drug-likeness (QED) is 0.501. The number of aromatic nitrogens is 4. The highest BCUT2D eigenvalue weighted by atomic mass is 19.1. The third kappa shape index (κ3) is 3.75. The fourth-order valence-electron chi connectivity index (χ4n) is 2.65. The van der Waals surface area contributed by atoms with E-state index in [-0.39, 0.29) is 37.0 Å². The number of nitro groups is 1. The van der Waals surface area contributed by atoms with Gasteiger partial charge in [-0.3, -0.25) is 4.57 Å². The van der Waals surface area contributed by atoms with Crippen molar-refractivity contribution in [3.8, 4) is 17.4 Å². The summed E-state index contributed by atoms with van der Waals surface area (Å²) in [4.78, 5) is 22.5. The van der Waals surface area contributed by atoms with Crippen LogP contribution in [0, 0.1) is 15.9 Å². The van der Waals surface area contributed by atoms with Gasteiger partial charge in [0.15, 0.2) is 5.82 Å². The molecule has 2 aromatic heterocycles. The molecular formula is C17H14FN5O4. The molecule has 0 fully saturated rings. The van der Waals surface area contributed by atoms with Crippen LogP contribution in [0.15, 0.2) is 42.9 Å². The molecule has 3 heterocycles. The minimum absolute atomic E-state index is 0.216. The fourth-order valence-corrected chi connectivity index (χ4v) is 2.65. The molecule has 0 saturated heterocycles. The van der Waals surface area contributed by atoms with Gasteiger partial charge in [0.1, 0.15) is 24.7 Å². The maximum atomic E-state index is 13.0. The lowest BCUT2D eigenvalue weighted by atomic mass is 10.2. The van der Waals surface area contributed by atoms with Crippen molar-refractivity contribution in [3.63, 3.8) is 0 Å². The van der Waals surface area contributed by atoms with Gasteiger partial charge in [-0.25, -0.2) is 14.4 Å². The molecule has 1 atom stereocenters. The molecule has 1 aromatic carbocycles. The summed E-state index contributed by atoms with van der Waals surface area (Å²) in [6.07, 6.45) is 4.33. The van der Waals surface area contributed by atoms with Crippen LogP contribution in [0.3, 0.4) is 0 Å². The highest BCUT2D eigenvalue weighted by molar-refractivity contribution is 5.54. The monoisotopic (exact) mass is 371 g/mol. The first-order valence-corrected chi connectivity index (χ1v) is 8.11. The fraction of sp³-hybridized carbons (Fsp3) is 0.235. The summed E-state index contributed by atoms with van der Waals surface area (Å²) in [5.74, 6) is -0.0737. The highest BCUT2D eigenvalue weighted by Crippen LogP contribution is 2.23. The standard InChI is InChI=1S/C17H14FN5O4/c18-13-3-1-12(2-4-13)16-19-5-11(6-20-16)9-26-14-7-22-8-15(23(24)25)21-17(22)27-10-14/h1-6,8,14H,7,9-10H2/t14-/m0/s1. The van der Waals surface area contributed by atoms with E-state index in [1.165, 1.54) is 18.3 Å². The van der Waals surface area contributed by atoms with Crippen molar-refractivity contribution >= 4 is 5.82 Å². The van der Waals surface area contributed by atoms with Crippen molar-refractivity contribution < 1.29 is 18.8 Å². The minimum atomic E-state index is -0.565. The Morgan fingerprint density at radius 2 is 2.04 bits per heavy atom. The zero-order chi connectivity index (χ0) is 18.8. The molecule has 10 heteroatoms. The third-order valence-corrected chi connectivity index (χ3v) is 4.01. The van der Waals surface area contributed by atoms with E-state index in [2.05, 4.69) is 15.0 Å². The van der Waals surface area contributed by atoms with Gasteiger partial charge in [0.2, 0.25) is 0 Å². The lowest BCUT2D eigenvalue weighted by Crippen LogP contribution is -2.32. The van der Waals surface area contributed by atoms with Crippen molar-refractivity contribution in [3.05, 3.63) is 64.4 Å². The molecule has 1 aliphatic rings. The number of hydrogen-bond acceptors (Lipinski definition) is 7. The summed E-state index contributed by atoms with van der Waals surface area (Å²) in [5, 5.41) is 10.8. The molecule has 27 heavy (non-hydrogen) atoms. The van der Waals surface area contributed by atoms with Gasteiger partial charge in [0.05, 0.1) is 13.2 Å². The number of fused-ring (bicyclic) bond motifs is 1. The maximum Gasteiger partial charge on any atom is 0.414 e. The van der Waals surface area contributed by atoms with E-state index >= 15 is 0 Å². The second kappa shape index (κ2) is 7.08. The molecule has 138 valence electrons. The van der Waals surface area contributed by atoms with Crippen molar-refractivity contribution in [1.82, 2.24) is 19.5 Å².